The van der Waals surface area contributed by atoms with Crippen LogP contribution >= 0.6 is 23.2 Å². The summed E-state index contributed by atoms with van der Waals surface area (Å²) >= 11 is 12.0. The number of halogens is 2. The lowest BCUT2D eigenvalue weighted by Crippen LogP contribution is -2.35. The third-order valence-electron chi connectivity index (χ3n) is 4.91. The van der Waals surface area contributed by atoms with Crippen LogP contribution in [0, 0.1) is 11.8 Å². The van der Waals surface area contributed by atoms with Gasteiger partial charge in [0.25, 0.3) is 5.91 Å². The molecule has 0 aromatic heterocycles. The van der Waals surface area contributed by atoms with Gasteiger partial charge in [-0.1, -0.05) is 29.6 Å². The van der Waals surface area contributed by atoms with E-state index in [2.05, 4.69) is 0 Å². The van der Waals surface area contributed by atoms with E-state index in [1.54, 1.807) is 23.1 Å². The predicted molar refractivity (Wildman–Crippen MR) is 80.7 cm³/mol. The number of urea groups is 1. The largest absolute Gasteiger partial charge is 0.332 e. The molecular weight excluding hydrogens is 311 g/mol. The van der Waals surface area contributed by atoms with E-state index in [0.717, 1.165) is 19.3 Å². The van der Waals surface area contributed by atoms with Crippen molar-refractivity contribution in [3.63, 3.8) is 0 Å². The molecule has 0 N–H and O–H groups in total. The Labute approximate surface area is 132 Å². The Morgan fingerprint density at radius 3 is 2.48 bits per heavy atom. The van der Waals surface area contributed by atoms with E-state index in [0.29, 0.717) is 34.1 Å². The third-order valence-corrected chi connectivity index (χ3v) is 5.34. The molecule has 3 amide bonds. The molecule has 110 valence electrons. The number of benzene rings is 1. The van der Waals surface area contributed by atoms with E-state index in [-0.39, 0.29) is 18.0 Å². The van der Waals surface area contributed by atoms with E-state index in [4.69, 9.17) is 23.2 Å². The van der Waals surface area contributed by atoms with Crippen molar-refractivity contribution in [2.45, 2.75) is 25.3 Å². The maximum absolute atomic E-state index is 12.7. The minimum Gasteiger partial charge on any atom is -0.311 e. The first kappa shape index (κ1) is 13.4. The van der Waals surface area contributed by atoms with Gasteiger partial charge in [-0.05, 0) is 42.9 Å². The van der Waals surface area contributed by atoms with Gasteiger partial charge in [0, 0.05) is 16.6 Å². The maximum atomic E-state index is 12.7. The van der Waals surface area contributed by atoms with E-state index >= 15 is 0 Å². The third kappa shape index (κ3) is 1.89. The highest BCUT2D eigenvalue weighted by atomic mass is 35.5. The number of anilines is 1. The summed E-state index contributed by atoms with van der Waals surface area (Å²) < 4.78 is 0. The number of imide groups is 1. The number of amides is 3. The highest BCUT2D eigenvalue weighted by Crippen LogP contribution is 2.46. The van der Waals surface area contributed by atoms with Crippen molar-refractivity contribution < 1.29 is 9.59 Å². The molecule has 0 bridgehead atoms. The van der Waals surface area contributed by atoms with Crippen LogP contribution in [0.25, 0.3) is 0 Å². The zero-order chi connectivity index (χ0) is 14.7. The number of hydrogen-bond acceptors (Lipinski definition) is 2. The van der Waals surface area contributed by atoms with Crippen molar-refractivity contribution in [1.29, 1.82) is 0 Å². The van der Waals surface area contributed by atoms with Gasteiger partial charge >= 0.3 is 6.03 Å². The molecule has 1 aromatic rings. The molecule has 21 heavy (non-hydrogen) atoms. The fourth-order valence-corrected chi connectivity index (χ4v) is 4.59. The summed E-state index contributed by atoms with van der Waals surface area (Å²) in [6.45, 7) is 0.699. The van der Waals surface area contributed by atoms with Crippen LogP contribution in [0.1, 0.15) is 19.3 Å². The van der Waals surface area contributed by atoms with Crippen molar-refractivity contribution in [3.8, 4) is 0 Å². The van der Waals surface area contributed by atoms with Gasteiger partial charge in [-0.15, -0.1) is 0 Å². The second-order valence-corrected chi connectivity index (χ2v) is 6.91. The Morgan fingerprint density at radius 1 is 1.05 bits per heavy atom. The molecule has 2 heterocycles. The molecule has 2 saturated heterocycles. The quantitative estimate of drug-likeness (QED) is 0.741. The molecule has 3 atom stereocenters. The first-order valence-electron chi connectivity index (χ1n) is 7.17. The normalized spacial score (nSPS) is 31.0. The second-order valence-electron chi connectivity index (χ2n) is 6.04. The molecule has 6 heteroatoms. The van der Waals surface area contributed by atoms with Crippen LogP contribution in [0.2, 0.25) is 10.0 Å². The Balaban J connectivity index is 1.72. The van der Waals surface area contributed by atoms with Crippen molar-refractivity contribution in [2.75, 3.05) is 11.4 Å². The minimum atomic E-state index is -0.289. The highest BCUT2D eigenvalue weighted by molar-refractivity contribution is 6.35. The van der Waals surface area contributed by atoms with Gasteiger partial charge < -0.3 is 4.90 Å². The maximum Gasteiger partial charge on any atom is 0.332 e. The van der Waals surface area contributed by atoms with Crippen LogP contribution in [0.5, 0.6) is 0 Å². The molecule has 2 aliphatic heterocycles. The van der Waals surface area contributed by atoms with E-state index in [9.17, 15) is 9.59 Å². The lowest BCUT2D eigenvalue weighted by molar-refractivity contribution is -0.120. The SMILES string of the molecule is O=C1C2C3CCCC3CN2C(=O)N1c1cc(Cl)cc(Cl)c1. The number of carbonyl (C=O) groups excluding carboxylic acids is 2. The van der Waals surface area contributed by atoms with Crippen molar-refractivity contribution in [3.05, 3.63) is 28.2 Å². The molecule has 4 rings (SSSR count). The van der Waals surface area contributed by atoms with Gasteiger partial charge in [0.15, 0.2) is 0 Å². The number of nitrogens with zero attached hydrogens (tertiary/aromatic N) is 2. The summed E-state index contributed by atoms with van der Waals surface area (Å²) in [5.74, 6) is 0.682. The van der Waals surface area contributed by atoms with Gasteiger partial charge in [0.2, 0.25) is 0 Å². The first-order chi connectivity index (χ1) is 10.1. The van der Waals surface area contributed by atoms with Crippen molar-refractivity contribution in [2.24, 2.45) is 11.8 Å². The first-order valence-corrected chi connectivity index (χ1v) is 7.92. The Bertz CT molecular complexity index is 628. The molecule has 1 aliphatic carbocycles. The summed E-state index contributed by atoms with van der Waals surface area (Å²) in [6.07, 6.45) is 3.32. The number of fused-ring (bicyclic) bond motifs is 3. The topological polar surface area (TPSA) is 40.6 Å². The summed E-state index contributed by atoms with van der Waals surface area (Å²) in [7, 11) is 0. The zero-order valence-electron chi connectivity index (χ0n) is 11.3. The van der Waals surface area contributed by atoms with Crippen LogP contribution in [0.15, 0.2) is 18.2 Å². The molecule has 1 aromatic carbocycles. The van der Waals surface area contributed by atoms with Crippen LogP contribution < -0.4 is 4.90 Å². The van der Waals surface area contributed by atoms with Gasteiger partial charge in [-0.25, -0.2) is 9.69 Å². The number of carbonyl (C=O) groups is 2. The summed E-state index contributed by atoms with van der Waals surface area (Å²) in [5.41, 5.74) is 0.464. The van der Waals surface area contributed by atoms with Gasteiger partial charge in [0.1, 0.15) is 6.04 Å². The Hall–Kier alpha value is -1.26. The van der Waals surface area contributed by atoms with Crippen LogP contribution in [-0.4, -0.2) is 29.4 Å². The lowest BCUT2D eigenvalue weighted by Gasteiger charge is -2.18. The monoisotopic (exact) mass is 324 g/mol. The summed E-state index contributed by atoms with van der Waals surface area (Å²) in [6, 6.07) is 4.28. The van der Waals surface area contributed by atoms with E-state index < -0.39 is 0 Å². The number of rotatable bonds is 1. The molecule has 3 aliphatic rings. The molecule has 3 unspecified atom stereocenters. The standard InChI is InChI=1S/C15H14Cl2N2O2/c16-9-4-10(17)6-11(5-9)19-14(20)13-12-3-1-2-8(12)7-18(13)15(19)21/h4-6,8,12-13H,1-3,7H2. The van der Waals surface area contributed by atoms with E-state index in [1.807, 2.05) is 0 Å². The number of hydrogen-bond donors (Lipinski definition) is 0. The summed E-state index contributed by atoms with van der Waals surface area (Å²) in [4.78, 5) is 28.3. The van der Waals surface area contributed by atoms with Gasteiger partial charge in [0.05, 0.1) is 5.69 Å². The van der Waals surface area contributed by atoms with Gasteiger partial charge in [-0.2, -0.15) is 0 Å². The van der Waals surface area contributed by atoms with Crippen LogP contribution in [0.3, 0.4) is 0 Å². The fourth-order valence-electron chi connectivity index (χ4n) is 4.08. The lowest BCUT2D eigenvalue weighted by atomic mass is 9.93. The second kappa shape index (κ2) is 4.62. The molecular formula is C15H14Cl2N2O2. The molecule has 4 nitrogen and oxygen atoms in total. The van der Waals surface area contributed by atoms with Crippen molar-refractivity contribution in [1.82, 2.24) is 4.90 Å². The molecule has 0 spiro atoms. The minimum absolute atomic E-state index is 0.132. The smallest absolute Gasteiger partial charge is 0.311 e. The Kier molecular flexibility index (Phi) is 2.95. The predicted octanol–water partition coefficient (Wildman–Crippen LogP) is 3.56. The highest BCUT2D eigenvalue weighted by Gasteiger charge is 2.57. The fraction of sp³-hybridized carbons (Fsp3) is 0.467. The van der Waals surface area contributed by atoms with Gasteiger partial charge in [-0.3, -0.25) is 4.79 Å². The summed E-state index contributed by atoms with van der Waals surface area (Å²) in [5, 5.41) is 0.841. The van der Waals surface area contributed by atoms with Crippen molar-refractivity contribution >= 4 is 40.8 Å². The van der Waals surface area contributed by atoms with Crippen LogP contribution in [-0.2, 0) is 4.79 Å². The average Bonchev–Trinajstić information content (AvgIpc) is 3.01. The van der Waals surface area contributed by atoms with Crippen LogP contribution in [0.4, 0.5) is 10.5 Å². The molecule has 1 saturated carbocycles. The average molecular weight is 325 g/mol. The molecule has 3 fully saturated rings. The molecule has 0 radical (unpaired) electrons. The zero-order valence-corrected chi connectivity index (χ0v) is 12.8. The van der Waals surface area contributed by atoms with E-state index in [1.165, 1.54) is 4.90 Å². The Morgan fingerprint density at radius 2 is 1.76 bits per heavy atom.